The fourth-order valence-corrected chi connectivity index (χ4v) is 3.83. The number of nitrogens with zero attached hydrogens (tertiary/aromatic N) is 5. The lowest BCUT2D eigenvalue weighted by Crippen LogP contribution is -2.34. The molecule has 6 nitrogen and oxygen atoms in total. The molecule has 0 spiro atoms. The summed E-state index contributed by atoms with van der Waals surface area (Å²) in [6, 6.07) is 6.38. The lowest BCUT2D eigenvalue weighted by Gasteiger charge is -2.30. The van der Waals surface area contributed by atoms with Crippen LogP contribution in [0.25, 0.3) is 0 Å². The van der Waals surface area contributed by atoms with Crippen LogP contribution >= 0.6 is 12.4 Å². The highest BCUT2D eigenvalue weighted by molar-refractivity contribution is 5.85. The molecule has 0 aliphatic carbocycles. The van der Waals surface area contributed by atoms with E-state index in [0.29, 0.717) is 5.95 Å². The second-order valence-electron chi connectivity index (χ2n) is 7.78. The molecule has 2 aromatic rings. The summed E-state index contributed by atoms with van der Waals surface area (Å²) in [5.41, 5.74) is 3.58. The molecule has 0 atom stereocenters. The van der Waals surface area contributed by atoms with Gasteiger partial charge < -0.3 is 15.1 Å². The molecule has 7 heteroatoms. The van der Waals surface area contributed by atoms with Crippen molar-refractivity contribution in [2.75, 3.05) is 41.3 Å². The molecule has 4 rings (SSSR count). The third-order valence-corrected chi connectivity index (χ3v) is 5.65. The predicted molar refractivity (Wildman–Crippen MR) is 118 cm³/mol. The van der Waals surface area contributed by atoms with Gasteiger partial charge in [-0.25, -0.2) is 0 Å². The Morgan fingerprint density at radius 1 is 0.714 bits per heavy atom. The highest BCUT2D eigenvalue weighted by atomic mass is 35.5. The lowest BCUT2D eigenvalue weighted by atomic mass is 10.1. The molecule has 1 N–H and O–H groups in total. The first-order chi connectivity index (χ1) is 13.2. The van der Waals surface area contributed by atoms with Crippen LogP contribution in [0.2, 0.25) is 0 Å². The van der Waals surface area contributed by atoms with Gasteiger partial charge >= 0.3 is 0 Å². The van der Waals surface area contributed by atoms with Crippen molar-refractivity contribution in [3.8, 4) is 0 Å². The SMILES string of the molecule is Cc1ccc(Nc2nc(N3CCCCC3)nc(N3CCCCC3)n2)cc1C.Cl. The Hall–Kier alpha value is -2.08. The van der Waals surface area contributed by atoms with Gasteiger partial charge in [0.15, 0.2) is 0 Å². The molecule has 1 aromatic heterocycles. The molecule has 2 saturated heterocycles. The van der Waals surface area contributed by atoms with E-state index in [4.69, 9.17) is 15.0 Å². The molecule has 3 heterocycles. The summed E-state index contributed by atoms with van der Waals surface area (Å²) in [6.07, 6.45) is 7.45. The first kappa shape index (κ1) is 20.6. The Balaban J connectivity index is 0.00000225. The fourth-order valence-electron chi connectivity index (χ4n) is 3.83. The predicted octanol–water partition coefficient (Wildman–Crippen LogP) is 4.63. The summed E-state index contributed by atoms with van der Waals surface area (Å²) in [5.74, 6) is 2.28. The Kier molecular flexibility index (Phi) is 6.94. The number of rotatable bonds is 4. The van der Waals surface area contributed by atoms with Gasteiger partial charge in [-0.2, -0.15) is 15.0 Å². The van der Waals surface area contributed by atoms with E-state index in [0.717, 1.165) is 43.8 Å². The van der Waals surface area contributed by atoms with Gasteiger partial charge in [0, 0.05) is 31.9 Å². The summed E-state index contributed by atoms with van der Waals surface area (Å²) >= 11 is 0. The topological polar surface area (TPSA) is 57.2 Å². The maximum absolute atomic E-state index is 4.84. The van der Waals surface area contributed by atoms with E-state index in [9.17, 15) is 0 Å². The Morgan fingerprint density at radius 2 is 1.25 bits per heavy atom. The Morgan fingerprint density at radius 3 is 1.75 bits per heavy atom. The van der Waals surface area contributed by atoms with Gasteiger partial charge in [0.1, 0.15) is 0 Å². The number of hydrogen-bond donors (Lipinski definition) is 1. The van der Waals surface area contributed by atoms with Crippen molar-refractivity contribution in [1.82, 2.24) is 15.0 Å². The van der Waals surface area contributed by atoms with Crippen LogP contribution in [0.15, 0.2) is 18.2 Å². The van der Waals surface area contributed by atoms with Gasteiger partial charge in [-0.15, -0.1) is 12.4 Å². The monoisotopic (exact) mass is 402 g/mol. The zero-order valence-electron chi connectivity index (χ0n) is 16.9. The van der Waals surface area contributed by atoms with Gasteiger partial charge in [-0.1, -0.05) is 6.07 Å². The zero-order valence-corrected chi connectivity index (χ0v) is 17.8. The minimum Gasteiger partial charge on any atom is -0.341 e. The summed E-state index contributed by atoms with van der Waals surface area (Å²) in [4.78, 5) is 19.0. The largest absolute Gasteiger partial charge is 0.341 e. The Bertz CT molecular complexity index is 748. The van der Waals surface area contributed by atoms with Crippen molar-refractivity contribution in [2.45, 2.75) is 52.4 Å². The fraction of sp³-hybridized carbons (Fsp3) is 0.571. The van der Waals surface area contributed by atoms with Crippen LogP contribution in [0.4, 0.5) is 23.5 Å². The molecule has 0 radical (unpaired) electrons. The van der Waals surface area contributed by atoms with E-state index in [1.165, 1.54) is 49.7 Å². The van der Waals surface area contributed by atoms with Crippen molar-refractivity contribution in [2.24, 2.45) is 0 Å². The molecular formula is C21H31ClN6. The normalized spacial score (nSPS) is 17.2. The van der Waals surface area contributed by atoms with Crippen molar-refractivity contribution in [3.05, 3.63) is 29.3 Å². The second-order valence-corrected chi connectivity index (χ2v) is 7.78. The van der Waals surface area contributed by atoms with Gasteiger partial charge in [-0.05, 0) is 75.6 Å². The van der Waals surface area contributed by atoms with Gasteiger partial charge in [-0.3, -0.25) is 0 Å². The van der Waals surface area contributed by atoms with E-state index >= 15 is 0 Å². The molecule has 2 fully saturated rings. The maximum atomic E-state index is 4.84. The van der Waals surface area contributed by atoms with Crippen LogP contribution in [0.1, 0.15) is 49.7 Å². The average molecular weight is 403 g/mol. The van der Waals surface area contributed by atoms with Gasteiger partial charge in [0.05, 0.1) is 0 Å². The maximum Gasteiger partial charge on any atom is 0.233 e. The molecule has 2 aliphatic heterocycles. The standard InChI is InChI=1S/C21H30N6.ClH/c1-16-9-10-18(15-17(16)2)22-19-23-20(26-11-5-3-6-12-26)25-21(24-19)27-13-7-4-8-14-27;/h9-10,15H,3-8,11-14H2,1-2H3,(H,22,23,24,25);1H. The van der Waals surface area contributed by atoms with E-state index < -0.39 is 0 Å². The number of hydrogen-bond acceptors (Lipinski definition) is 6. The lowest BCUT2D eigenvalue weighted by molar-refractivity contribution is 0.556. The minimum absolute atomic E-state index is 0. The summed E-state index contributed by atoms with van der Waals surface area (Å²) in [7, 11) is 0. The Labute approximate surface area is 174 Å². The molecule has 0 amide bonds. The highest BCUT2D eigenvalue weighted by Gasteiger charge is 2.20. The minimum atomic E-state index is 0. The zero-order chi connectivity index (χ0) is 18.6. The smallest absolute Gasteiger partial charge is 0.233 e. The van der Waals surface area contributed by atoms with E-state index in [1.807, 2.05) is 0 Å². The number of benzene rings is 1. The third-order valence-electron chi connectivity index (χ3n) is 5.65. The average Bonchev–Trinajstić information content (AvgIpc) is 2.72. The van der Waals surface area contributed by atoms with Gasteiger partial charge in [0.25, 0.3) is 0 Å². The number of piperidine rings is 2. The van der Waals surface area contributed by atoms with Crippen LogP contribution in [0.5, 0.6) is 0 Å². The first-order valence-electron chi connectivity index (χ1n) is 10.3. The van der Waals surface area contributed by atoms with Crippen molar-refractivity contribution < 1.29 is 0 Å². The molecule has 0 saturated carbocycles. The summed E-state index contributed by atoms with van der Waals surface area (Å²) < 4.78 is 0. The molecule has 152 valence electrons. The van der Waals surface area contributed by atoms with Crippen LogP contribution in [-0.2, 0) is 0 Å². The molecule has 0 unspecified atom stereocenters. The number of aromatic nitrogens is 3. The summed E-state index contributed by atoms with van der Waals surface area (Å²) in [5, 5.41) is 3.42. The van der Waals surface area contributed by atoms with E-state index in [1.54, 1.807) is 0 Å². The van der Waals surface area contributed by atoms with Crippen molar-refractivity contribution in [3.63, 3.8) is 0 Å². The molecular weight excluding hydrogens is 372 g/mol. The van der Waals surface area contributed by atoms with Crippen LogP contribution < -0.4 is 15.1 Å². The number of anilines is 4. The first-order valence-corrected chi connectivity index (χ1v) is 10.3. The highest BCUT2D eigenvalue weighted by Crippen LogP contribution is 2.24. The van der Waals surface area contributed by atoms with Crippen LogP contribution in [-0.4, -0.2) is 41.1 Å². The number of aryl methyl sites for hydroxylation is 2. The number of nitrogens with one attached hydrogen (secondary N) is 1. The molecule has 28 heavy (non-hydrogen) atoms. The van der Waals surface area contributed by atoms with Crippen LogP contribution in [0.3, 0.4) is 0 Å². The molecule has 1 aromatic carbocycles. The van der Waals surface area contributed by atoms with E-state index in [2.05, 4.69) is 47.2 Å². The van der Waals surface area contributed by atoms with E-state index in [-0.39, 0.29) is 12.4 Å². The summed E-state index contributed by atoms with van der Waals surface area (Å²) in [6.45, 7) is 8.40. The van der Waals surface area contributed by atoms with Gasteiger partial charge in [0.2, 0.25) is 17.8 Å². The second kappa shape index (κ2) is 9.41. The molecule has 2 aliphatic rings. The van der Waals surface area contributed by atoms with Crippen molar-refractivity contribution >= 4 is 35.9 Å². The molecule has 0 bridgehead atoms. The van der Waals surface area contributed by atoms with Crippen molar-refractivity contribution in [1.29, 1.82) is 0 Å². The quantitative estimate of drug-likeness (QED) is 0.804. The third kappa shape index (κ3) is 4.85. The van der Waals surface area contributed by atoms with Crippen LogP contribution in [0, 0.1) is 13.8 Å². The number of halogens is 1.